The number of benzene rings is 1. The second-order valence-electron chi connectivity index (χ2n) is 7.74. The molecule has 0 bridgehead atoms. The van der Waals surface area contributed by atoms with E-state index in [1.54, 1.807) is 0 Å². The number of hydrogen-bond donors (Lipinski definition) is 0. The van der Waals surface area contributed by atoms with Crippen molar-refractivity contribution in [3.63, 3.8) is 0 Å². The average molecular weight is 304 g/mol. The quantitative estimate of drug-likeness (QED) is 0.608. The standard InChI is InChI=1S/C20H32O2/c1-6-15(2)16-11-13-18(14-12-16)22-19(20(3,4)5)21-17-9-7-8-10-17/h11-15,17,19H,6-10H2,1-5H3. The van der Waals surface area contributed by atoms with Gasteiger partial charge in [0.2, 0.25) is 6.29 Å². The van der Waals surface area contributed by atoms with Crippen molar-refractivity contribution < 1.29 is 9.47 Å². The molecule has 2 atom stereocenters. The first-order valence-electron chi connectivity index (χ1n) is 8.82. The molecule has 1 aliphatic carbocycles. The Morgan fingerprint density at radius 1 is 1.09 bits per heavy atom. The van der Waals surface area contributed by atoms with Gasteiger partial charge < -0.3 is 9.47 Å². The predicted molar refractivity (Wildman–Crippen MR) is 92.4 cm³/mol. The van der Waals surface area contributed by atoms with Crippen molar-refractivity contribution in [1.29, 1.82) is 0 Å². The minimum atomic E-state index is -0.190. The molecule has 124 valence electrons. The summed E-state index contributed by atoms with van der Waals surface area (Å²) in [6.07, 6.45) is 6.24. The zero-order valence-electron chi connectivity index (χ0n) is 14.9. The highest BCUT2D eigenvalue weighted by Gasteiger charge is 2.31. The Morgan fingerprint density at radius 2 is 1.68 bits per heavy atom. The Hall–Kier alpha value is -1.02. The minimum Gasteiger partial charge on any atom is -0.464 e. The van der Waals surface area contributed by atoms with Gasteiger partial charge >= 0.3 is 0 Å². The molecule has 2 heteroatoms. The second kappa shape index (κ2) is 7.50. The topological polar surface area (TPSA) is 18.5 Å². The summed E-state index contributed by atoms with van der Waals surface area (Å²) in [6, 6.07) is 8.52. The average Bonchev–Trinajstić information content (AvgIpc) is 2.98. The summed E-state index contributed by atoms with van der Waals surface area (Å²) in [5, 5.41) is 0. The van der Waals surface area contributed by atoms with Gasteiger partial charge in [0.1, 0.15) is 5.75 Å². The van der Waals surface area contributed by atoms with Crippen LogP contribution in [0.15, 0.2) is 24.3 Å². The van der Waals surface area contributed by atoms with Crippen molar-refractivity contribution in [1.82, 2.24) is 0 Å². The summed E-state index contributed by atoms with van der Waals surface area (Å²) in [5.74, 6) is 1.51. The third-order valence-electron chi connectivity index (χ3n) is 4.63. The molecule has 1 aromatic carbocycles. The molecule has 2 rings (SSSR count). The van der Waals surface area contributed by atoms with Crippen LogP contribution in [0.1, 0.15) is 78.2 Å². The molecule has 0 saturated heterocycles. The van der Waals surface area contributed by atoms with Gasteiger partial charge in [-0.15, -0.1) is 0 Å². The van der Waals surface area contributed by atoms with Crippen LogP contribution < -0.4 is 4.74 Å². The first kappa shape index (κ1) is 17.3. The normalized spacial score (nSPS) is 19.1. The van der Waals surface area contributed by atoms with Gasteiger partial charge in [-0.1, -0.05) is 59.6 Å². The van der Waals surface area contributed by atoms with E-state index < -0.39 is 0 Å². The van der Waals surface area contributed by atoms with Crippen LogP contribution >= 0.6 is 0 Å². The fourth-order valence-corrected chi connectivity index (χ4v) is 2.84. The molecule has 0 amide bonds. The Bertz CT molecular complexity index is 438. The Labute approximate surface area is 136 Å². The molecule has 0 radical (unpaired) electrons. The Morgan fingerprint density at radius 3 is 2.18 bits per heavy atom. The van der Waals surface area contributed by atoms with E-state index in [1.165, 1.54) is 31.2 Å². The van der Waals surface area contributed by atoms with E-state index in [0.717, 1.165) is 12.2 Å². The SMILES string of the molecule is CCC(C)c1ccc(OC(OC2CCCC2)C(C)(C)C)cc1. The Balaban J connectivity index is 2.03. The largest absolute Gasteiger partial charge is 0.464 e. The highest BCUT2D eigenvalue weighted by atomic mass is 16.7. The van der Waals surface area contributed by atoms with Gasteiger partial charge in [0.25, 0.3) is 0 Å². The van der Waals surface area contributed by atoms with Crippen LogP contribution in [0, 0.1) is 5.41 Å². The number of rotatable bonds is 6. The third kappa shape index (κ3) is 4.74. The van der Waals surface area contributed by atoms with Gasteiger partial charge in [-0.05, 0) is 42.9 Å². The van der Waals surface area contributed by atoms with Crippen LogP contribution in [-0.2, 0) is 4.74 Å². The van der Waals surface area contributed by atoms with Gasteiger partial charge in [0.15, 0.2) is 0 Å². The van der Waals surface area contributed by atoms with Gasteiger partial charge in [0, 0.05) is 5.41 Å². The maximum absolute atomic E-state index is 6.26. The fourth-order valence-electron chi connectivity index (χ4n) is 2.84. The van der Waals surface area contributed by atoms with Crippen LogP contribution in [0.4, 0.5) is 0 Å². The molecular formula is C20H32O2. The van der Waals surface area contributed by atoms with Crippen molar-refractivity contribution in [2.45, 2.75) is 85.0 Å². The molecule has 0 aliphatic heterocycles. The van der Waals surface area contributed by atoms with E-state index in [9.17, 15) is 0 Å². The summed E-state index contributed by atoms with van der Waals surface area (Å²) in [6.45, 7) is 11.0. The lowest BCUT2D eigenvalue weighted by Gasteiger charge is -2.33. The minimum absolute atomic E-state index is 0.0298. The molecule has 2 unspecified atom stereocenters. The molecule has 1 aromatic rings. The lowest BCUT2D eigenvalue weighted by molar-refractivity contribution is -0.169. The first-order valence-corrected chi connectivity index (χ1v) is 8.82. The highest BCUT2D eigenvalue weighted by molar-refractivity contribution is 5.29. The molecule has 0 aromatic heterocycles. The van der Waals surface area contributed by atoms with Gasteiger partial charge in [-0.3, -0.25) is 0 Å². The maximum atomic E-state index is 6.26. The van der Waals surface area contributed by atoms with Crippen LogP contribution in [0.25, 0.3) is 0 Å². The van der Waals surface area contributed by atoms with Crippen LogP contribution in [0.3, 0.4) is 0 Å². The van der Waals surface area contributed by atoms with Gasteiger partial charge in [-0.25, -0.2) is 0 Å². The molecule has 22 heavy (non-hydrogen) atoms. The zero-order chi connectivity index (χ0) is 16.2. The molecule has 2 nitrogen and oxygen atoms in total. The first-order chi connectivity index (χ1) is 10.4. The van der Waals surface area contributed by atoms with Crippen LogP contribution in [0.2, 0.25) is 0 Å². The Kier molecular flexibility index (Phi) is 5.91. The van der Waals surface area contributed by atoms with Crippen molar-refractivity contribution in [3.05, 3.63) is 29.8 Å². The predicted octanol–water partition coefficient (Wildman–Crippen LogP) is 5.91. The zero-order valence-corrected chi connectivity index (χ0v) is 14.9. The van der Waals surface area contributed by atoms with E-state index in [-0.39, 0.29) is 11.7 Å². The summed E-state index contributed by atoms with van der Waals surface area (Å²) >= 11 is 0. The van der Waals surface area contributed by atoms with Crippen molar-refractivity contribution in [3.8, 4) is 5.75 Å². The molecule has 0 heterocycles. The van der Waals surface area contributed by atoms with Crippen molar-refractivity contribution in [2.75, 3.05) is 0 Å². The summed E-state index contributed by atoms with van der Waals surface area (Å²) in [5.41, 5.74) is 1.34. The number of ether oxygens (including phenoxy) is 2. The molecular weight excluding hydrogens is 272 g/mol. The van der Waals surface area contributed by atoms with E-state index in [2.05, 4.69) is 58.9 Å². The highest BCUT2D eigenvalue weighted by Crippen LogP contribution is 2.31. The monoisotopic (exact) mass is 304 g/mol. The van der Waals surface area contributed by atoms with Crippen LogP contribution in [-0.4, -0.2) is 12.4 Å². The summed E-state index contributed by atoms with van der Waals surface area (Å²) in [7, 11) is 0. The lowest BCUT2D eigenvalue weighted by atomic mass is 9.95. The summed E-state index contributed by atoms with van der Waals surface area (Å²) < 4.78 is 12.4. The van der Waals surface area contributed by atoms with E-state index in [4.69, 9.17) is 9.47 Å². The van der Waals surface area contributed by atoms with Crippen molar-refractivity contribution >= 4 is 0 Å². The third-order valence-corrected chi connectivity index (χ3v) is 4.63. The molecule has 1 saturated carbocycles. The van der Waals surface area contributed by atoms with Crippen LogP contribution in [0.5, 0.6) is 5.75 Å². The van der Waals surface area contributed by atoms with Crippen molar-refractivity contribution in [2.24, 2.45) is 5.41 Å². The maximum Gasteiger partial charge on any atom is 0.204 e. The fraction of sp³-hybridized carbons (Fsp3) is 0.700. The van der Waals surface area contributed by atoms with E-state index >= 15 is 0 Å². The van der Waals surface area contributed by atoms with Gasteiger partial charge in [0.05, 0.1) is 6.10 Å². The number of hydrogen-bond acceptors (Lipinski definition) is 2. The smallest absolute Gasteiger partial charge is 0.204 e. The molecule has 1 aliphatic rings. The molecule has 0 spiro atoms. The molecule has 1 fully saturated rings. The second-order valence-corrected chi connectivity index (χ2v) is 7.74. The summed E-state index contributed by atoms with van der Waals surface area (Å²) in [4.78, 5) is 0. The van der Waals surface area contributed by atoms with E-state index in [1.807, 2.05) is 0 Å². The lowest BCUT2D eigenvalue weighted by Crippen LogP contribution is -2.37. The molecule has 0 N–H and O–H groups in total. The van der Waals surface area contributed by atoms with E-state index in [0.29, 0.717) is 12.0 Å². The van der Waals surface area contributed by atoms with Gasteiger partial charge in [-0.2, -0.15) is 0 Å².